The van der Waals surface area contributed by atoms with E-state index in [1.807, 2.05) is 30.3 Å². The highest BCUT2D eigenvalue weighted by molar-refractivity contribution is 8.03. The minimum absolute atomic E-state index is 0.712. The van der Waals surface area contributed by atoms with Gasteiger partial charge in [0.25, 0.3) is 0 Å². The second-order valence-electron chi connectivity index (χ2n) is 2.70. The number of allylic oxidation sites excluding steroid dienone is 3. The summed E-state index contributed by atoms with van der Waals surface area (Å²) in [6, 6.07) is 10.1. The molecule has 2 heteroatoms. The lowest BCUT2D eigenvalue weighted by Gasteiger charge is -1.99. The third-order valence-electron chi connectivity index (χ3n) is 1.65. The fourth-order valence-electron chi connectivity index (χ4n) is 0.978. The number of aldehydes is 1. The van der Waals surface area contributed by atoms with Gasteiger partial charge in [-0.15, -0.1) is 11.8 Å². The molecule has 0 bridgehead atoms. The van der Waals surface area contributed by atoms with Crippen LogP contribution < -0.4 is 0 Å². The van der Waals surface area contributed by atoms with Crippen LogP contribution in [0.5, 0.6) is 0 Å². The van der Waals surface area contributed by atoms with Crippen LogP contribution >= 0.6 is 11.8 Å². The van der Waals surface area contributed by atoms with Crippen molar-refractivity contribution in [1.29, 1.82) is 0 Å². The van der Waals surface area contributed by atoms with Crippen molar-refractivity contribution >= 4 is 18.0 Å². The first kappa shape index (κ1) is 10.8. The molecule has 14 heavy (non-hydrogen) atoms. The Bertz CT molecular complexity index is 327. The number of hydrogen-bond donors (Lipinski definition) is 0. The molecule has 1 aromatic rings. The van der Waals surface area contributed by atoms with Crippen LogP contribution in [0.2, 0.25) is 0 Å². The maximum atomic E-state index is 10.6. The van der Waals surface area contributed by atoms with Gasteiger partial charge in [-0.1, -0.05) is 43.0 Å². The predicted molar refractivity (Wildman–Crippen MR) is 62.1 cm³/mol. The topological polar surface area (TPSA) is 17.1 Å². The molecule has 0 radical (unpaired) electrons. The van der Waals surface area contributed by atoms with Crippen LogP contribution in [0, 0.1) is 0 Å². The first-order chi connectivity index (χ1) is 6.86. The highest BCUT2D eigenvalue weighted by atomic mass is 32.2. The van der Waals surface area contributed by atoms with Crippen molar-refractivity contribution in [2.24, 2.45) is 0 Å². The van der Waals surface area contributed by atoms with Gasteiger partial charge in [-0.25, -0.2) is 0 Å². The predicted octanol–water partition coefficient (Wildman–Crippen LogP) is 3.19. The Hall–Kier alpha value is -1.28. The Morgan fingerprint density at radius 2 is 2.07 bits per heavy atom. The van der Waals surface area contributed by atoms with E-state index in [0.717, 1.165) is 12.0 Å². The fourth-order valence-corrected chi connectivity index (χ4v) is 1.76. The quantitative estimate of drug-likeness (QED) is 0.416. The van der Waals surface area contributed by atoms with Crippen molar-refractivity contribution in [2.75, 3.05) is 0 Å². The van der Waals surface area contributed by atoms with Gasteiger partial charge in [0.1, 0.15) is 0 Å². The van der Waals surface area contributed by atoms with Gasteiger partial charge >= 0.3 is 0 Å². The molecule has 0 amide bonds. The molecule has 72 valence electrons. The van der Waals surface area contributed by atoms with Crippen LogP contribution in [0.1, 0.15) is 5.56 Å². The van der Waals surface area contributed by atoms with Gasteiger partial charge in [0.2, 0.25) is 0 Å². The Morgan fingerprint density at radius 3 is 2.64 bits per heavy atom. The Morgan fingerprint density at radius 1 is 1.36 bits per heavy atom. The van der Waals surface area contributed by atoms with E-state index in [1.165, 1.54) is 17.3 Å². The molecule has 0 spiro atoms. The number of carbonyl (C=O) groups excluding carboxylic acids is 1. The smallest absolute Gasteiger partial charge is 0.156 e. The van der Waals surface area contributed by atoms with E-state index in [1.54, 1.807) is 12.2 Å². The number of carbonyl (C=O) groups is 1. The monoisotopic (exact) mass is 204 g/mol. The standard InChI is InChI=1S/C12H12OS/c1-2-6-12(9-13)14-10-11-7-4-3-5-8-11/h2-9H,1,10H2. The molecule has 0 saturated carbocycles. The van der Waals surface area contributed by atoms with Crippen molar-refractivity contribution in [1.82, 2.24) is 0 Å². The molecule has 0 fully saturated rings. The van der Waals surface area contributed by atoms with Crippen LogP contribution in [0.3, 0.4) is 0 Å². The van der Waals surface area contributed by atoms with Gasteiger partial charge in [-0.3, -0.25) is 4.79 Å². The zero-order chi connectivity index (χ0) is 10.2. The lowest BCUT2D eigenvalue weighted by Crippen LogP contribution is -1.82. The first-order valence-corrected chi connectivity index (χ1v) is 5.30. The molecule has 1 aromatic carbocycles. The maximum absolute atomic E-state index is 10.6. The summed E-state index contributed by atoms with van der Waals surface area (Å²) >= 11 is 1.52. The molecule has 1 rings (SSSR count). The Labute approximate surface area is 88.5 Å². The highest BCUT2D eigenvalue weighted by Crippen LogP contribution is 2.19. The molecule has 0 N–H and O–H groups in total. The summed E-state index contributed by atoms with van der Waals surface area (Å²) in [5.41, 5.74) is 1.22. The second kappa shape index (κ2) is 6.22. The largest absolute Gasteiger partial charge is 0.297 e. The lowest BCUT2D eigenvalue weighted by atomic mass is 10.2. The Balaban J connectivity index is 2.52. The molecular formula is C12H12OS. The molecule has 0 aromatic heterocycles. The lowest BCUT2D eigenvalue weighted by molar-refractivity contribution is -0.104. The number of thioether (sulfide) groups is 1. The Kier molecular flexibility index (Phi) is 4.79. The first-order valence-electron chi connectivity index (χ1n) is 4.31. The highest BCUT2D eigenvalue weighted by Gasteiger charge is 1.96. The minimum Gasteiger partial charge on any atom is -0.297 e. The molecule has 1 nitrogen and oxygen atoms in total. The van der Waals surface area contributed by atoms with E-state index in [0.29, 0.717) is 4.91 Å². The second-order valence-corrected chi connectivity index (χ2v) is 3.75. The summed E-state index contributed by atoms with van der Waals surface area (Å²) in [4.78, 5) is 11.3. The van der Waals surface area contributed by atoms with Gasteiger partial charge in [-0.2, -0.15) is 0 Å². The average molecular weight is 204 g/mol. The van der Waals surface area contributed by atoms with Gasteiger partial charge in [0, 0.05) is 10.7 Å². The van der Waals surface area contributed by atoms with E-state index in [2.05, 4.69) is 6.58 Å². The van der Waals surface area contributed by atoms with E-state index < -0.39 is 0 Å². The molecule has 0 heterocycles. The van der Waals surface area contributed by atoms with Crippen LogP contribution in [0.15, 0.2) is 54.0 Å². The molecule has 0 saturated heterocycles. The minimum atomic E-state index is 0.712. The summed E-state index contributed by atoms with van der Waals surface area (Å²) in [6.45, 7) is 3.55. The zero-order valence-corrected chi connectivity index (χ0v) is 8.67. The number of rotatable bonds is 5. The van der Waals surface area contributed by atoms with Crippen molar-refractivity contribution in [3.8, 4) is 0 Å². The molecule has 0 unspecified atom stereocenters. The van der Waals surface area contributed by atoms with E-state index >= 15 is 0 Å². The average Bonchev–Trinajstić information content (AvgIpc) is 2.25. The normalized spacial score (nSPS) is 11.0. The van der Waals surface area contributed by atoms with Gasteiger partial charge in [0.15, 0.2) is 6.29 Å². The molecule has 0 aliphatic heterocycles. The summed E-state index contributed by atoms with van der Waals surface area (Å²) < 4.78 is 0. The summed E-state index contributed by atoms with van der Waals surface area (Å²) in [6.07, 6.45) is 4.21. The van der Waals surface area contributed by atoms with Crippen LogP contribution in [-0.2, 0) is 10.5 Å². The summed E-state index contributed by atoms with van der Waals surface area (Å²) in [5, 5.41) is 0. The zero-order valence-electron chi connectivity index (χ0n) is 7.85. The van der Waals surface area contributed by atoms with Crippen molar-refractivity contribution in [3.63, 3.8) is 0 Å². The fraction of sp³-hybridized carbons (Fsp3) is 0.0833. The van der Waals surface area contributed by atoms with E-state index in [4.69, 9.17) is 0 Å². The van der Waals surface area contributed by atoms with Crippen molar-refractivity contribution in [2.45, 2.75) is 5.75 Å². The summed E-state index contributed by atoms with van der Waals surface area (Å²) in [5.74, 6) is 0.819. The van der Waals surface area contributed by atoms with Crippen molar-refractivity contribution < 1.29 is 4.79 Å². The number of benzene rings is 1. The summed E-state index contributed by atoms with van der Waals surface area (Å²) in [7, 11) is 0. The third kappa shape index (κ3) is 3.62. The molecule has 0 aliphatic rings. The van der Waals surface area contributed by atoms with E-state index in [-0.39, 0.29) is 0 Å². The van der Waals surface area contributed by atoms with Gasteiger partial charge in [-0.05, 0) is 11.6 Å². The van der Waals surface area contributed by atoms with Crippen LogP contribution in [0.25, 0.3) is 0 Å². The van der Waals surface area contributed by atoms with Gasteiger partial charge < -0.3 is 0 Å². The van der Waals surface area contributed by atoms with E-state index in [9.17, 15) is 4.79 Å². The van der Waals surface area contributed by atoms with Crippen LogP contribution in [0.4, 0.5) is 0 Å². The maximum Gasteiger partial charge on any atom is 0.156 e. The molecule has 0 aliphatic carbocycles. The van der Waals surface area contributed by atoms with Crippen LogP contribution in [-0.4, -0.2) is 6.29 Å². The molecular weight excluding hydrogens is 192 g/mol. The van der Waals surface area contributed by atoms with Gasteiger partial charge in [0.05, 0.1) is 0 Å². The van der Waals surface area contributed by atoms with Crippen molar-refractivity contribution in [3.05, 3.63) is 59.5 Å². The SMILES string of the molecule is C=CC=C(C=O)SCc1ccccc1. The number of hydrogen-bond acceptors (Lipinski definition) is 2. The third-order valence-corrected chi connectivity index (χ3v) is 2.69. The molecule has 0 atom stereocenters.